The highest BCUT2D eigenvalue weighted by Crippen LogP contribution is 2.07. The van der Waals surface area contributed by atoms with Crippen LogP contribution in [-0.2, 0) is 9.59 Å². The fourth-order valence-electron chi connectivity index (χ4n) is 2.29. The Morgan fingerprint density at radius 2 is 1.44 bits per heavy atom. The lowest BCUT2D eigenvalue weighted by Gasteiger charge is -2.07. The molecule has 0 aliphatic heterocycles. The molecule has 0 saturated carbocycles. The Hall–Kier alpha value is -2.95. The van der Waals surface area contributed by atoms with Gasteiger partial charge in [0.05, 0.1) is 5.71 Å². The van der Waals surface area contributed by atoms with Crippen LogP contribution in [0.1, 0.15) is 38.2 Å². The number of nitrogens with zero attached hydrogens (tertiary/aromatic N) is 1. The first-order chi connectivity index (χ1) is 12.2. The van der Waals surface area contributed by atoms with Crippen molar-refractivity contribution in [3.05, 3.63) is 66.2 Å². The van der Waals surface area contributed by atoms with E-state index in [4.69, 9.17) is 0 Å². The van der Waals surface area contributed by atoms with Gasteiger partial charge in [0.2, 0.25) is 11.8 Å². The summed E-state index contributed by atoms with van der Waals surface area (Å²) in [4.78, 5) is 23.8. The van der Waals surface area contributed by atoms with Crippen molar-refractivity contribution in [1.82, 2.24) is 5.43 Å². The van der Waals surface area contributed by atoms with Crippen molar-refractivity contribution >= 4 is 23.2 Å². The van der Waals surface area contributed by atoms with Crippen molar-refractivity contribution < 1.29 is 9.59 Å². The number of amides is 2. The quantitative estimate of drug-likeness (QED) is 0.569. The van der Waals surface area contributed by atoms with Gasteiger partial charge in [0.15, 0.2) is 0 Å². The average molecular weight is 337 g/mol. The maximum absolute atomic E-state index is 11.9. The summed E-state index contributed by atoms with van der Waals surface area (Å²) in [6.07, 6.45) is 1.92. The van der Waals surface area contributed by atoms with Crippen LogP contribution in [0.25, 0.3) is 0 Å². The molecule has 5 nitrogen and oxygen atoms in total. The van der Waals surface area contributed by atoms with Crippen molar-refractivity contribution in [2.75, 3.05) is 5.32 Å². The minimum absolute atomic E-state index is 0.0936. The molecule has 0 spiro atoms. The van der Waals surface area contributed by atoms with Crippen molar-refractivity contribution in [1.29, 1.82) is 0 Å². The largest absolute Gasteiger partial charge is 0.326 e. The second-order valence-corrected chi connectivity index (χ2v) is 5.62. The maximum Gasteiger partial charge on any atom is 0.240 e. The first-order valence-corrected chi connectivity index (χ1v) is 8.44. The molecule has 2 amide bonds. The molecule has 0 radical (unpaired) electrons. The molecule has 0 bridgehead atoms. The van der Waals surface area contributed by atoms with Gasteiger partial charge in [0.25, 0.3) is 0 Å². The third-order valence-electron chi connectivity index (χ3n) is 3.55. The van der Waals surface area contributed by atoms with Gasteiger partial charge in [0.1, 0.15) is 0 Å². The van der Waals surface area contributed by atoms with E-state index in [1.165, 1.54) is 0 Å². The zero-order chi connectivity index (χ0) is 17.9. The molecule has 0 aliphatic rings. The van der Waals surface area contributed by atoms with Crippen LogP contribution < -0.4 is 10.7 Å². The number of anilines is 1. The summed E-state index contributed by atoms with van der Waals surface area (Å²) < 4.78 is 0. The van der Waals surface area contributed by atoms with Crippen molar-refractivity contribution in [3.63, 3.8) is 0 Å². The second-order valence-electron chi connectivity index (χ2n) is 5.62. The third-order valence-corrected chi connectivity index (χ3v) is 3.55. The first kappa shape index (κ1) is 18.4. The summed E-state index contributed by atoms with van der Waals surface area (Å²) in [6.45, 7) is 2.06. The van der Waals surface area contributed by atoms with Gasteiger partial charge in [-0.2, -0.15) is 5.10 Å². The zero-order valence-electron chi connectivity index (χ0n) is 14.4. The monoisotopic (exact) mass is 337 g/mol. The highest BCUT2D eigenvalue weighted by Gasteiger charge is 2.08. The zero-order valence-corrected chi connectivity index (χ0v) is 14.4. The summed E-state index contributed by atoms with van der Waals surface area (Å²) in [5.74, 6) is -0.463. The third kappa shape index (κ3) is 6.59. The van der Waals surface area contributed by atoms with Crippen LogP contribution in [0.5, 0.6) is 0 Å². The van der Waals surface area contributed by atoms with E-state index in [9.17, 15) is 9.59 Å². The van der Waals surface area contributed by atoms with Crippen molar-refractivity contribution in [2.24, 2.45) is 5.10 Å². The van der Waals surface area contributed by atoms with Crippen LogP contribution >= 0.6 is 0 Å². The van der Waals surface area contributed by atoms with E-state index in [0.29, 0.717) is 0 Å². The Morgan fingerprint density at radius 3 is 2.08 bits per heavy atom. The Balaban J connectivity index is 1.83. The van der Waals surface area contributed by atoms with E-state index in [0.717, 1.165) is 29.8 Å². The predicted octanol–water partition coefficient (Wildman–Crippen LogP) is 3.73. The normalized spacial score (nSPS) is 11.0. The lowest BCUT2D eigenvalue weighted by atomic mass is 10.1. The topological polar surface area (TPSA) is 70.6 Å². The summed E-state index contributed by atoms with van der Waals surface area (Å²) in [5, 5.41) is 6.98. The highest BCUT2D eigenvalue weighted by atomic mass is 16.2. The van der Waals surface area contributed by atoms with E-state index in [1.807, 2.05) is 48.5 Å². The molecule has 0 atom stereocenters. The molecule has 0 heterocycles. The number of hydrazone groups is 1. The SMILES string of the molecule is CCCC(=NNC(=O)CCC(=O)Nc1ccccc1)c1ccccc1. The van der Waals surface area contributed by atoms with Gasteiger partial charge in [-0.15, -0.1) is 0 Å². The van der Waals surface area contributed by atoms with Crippen molar-refractivity contribution in [2.45, 2.75) is 32.6 Å². The molecule has 2 N–H and O–H groups in total. The molecule has 5 heteroatoms. The first-order valence-electron chi connectivity index (χ1n) is 8.44. The summed E-state index contributed by atoms with van der Waals surface area (Å²) in [6, 6.07) is 18.9. The smallest absolute Gasteiger partial charge is 0.240 e. The maximum atomic E-state index is 11.9. The van der Waals surface area contributed by atoms with E-state index in [2.05, 4.69) is 22.8 Å². The van der Waals surface area contributed by atoms with E-state index in [-0.39, 0.29) is 24.7 Å². The molecule has 0 aliphatic carbocycles. The van der Waals surface area contributed by atoms with Crippen LogP contribution in [0.15, 0.2) is 65.8 Å². The number of para-hydroxylation sites is 1. The molecule has 2 rings (SSSR count). The Bertz CT molecular complexity index is 712. The standard InChI is InChI=1S/C20H23N3O2/c1-2-9-18(16-10-5-3-6-11-16)22-23-20(25)15-14-19(24)21-17-12-7-4-8-13-17/h3-8,10-13H,2,9,14-15H2,1H3,(H,21,24)(H,23,25). The molecule has 25 heavy (non-hydrogen) atoms. The lowest BCUT2D eigenvalue weighted by molar-refractivity contribution is -0.124. The highest BCUT2D eigenvalue weighted by molar-refractivity contribution is 6.01. The number of hydrogen-bond acceptors (Lipinski definition) is 3. The Labute approximate surface area is 148 Å². The second kappa shape index (κ2) is 10.0. The van der Waals surface area contributed by atoms with Crippen LogP contribution in [0.4, 0.5) is 5.69 Å². The van der Waals surface area contributed by atoms with E-state index < -0.39 is 0 Å². The number of carbonyl (C=O) groups excluding carboxylic acids is 2. The molecule has 2 aromatic carbocycles. The van der Waals surface area contributed by atoms with Crippen LogP contribution in [-0.4, -0.2) is 17.5 Å². The van der Waals surface area contributed by atoms with Crippen LogP contribution in [0.3, 0.4) is 0 Å². The van der Waals surface area contributed by atoms with Crippen molar-refractivity contribution in [3.8, 4) is 0 Å². The van der Waals surface area contributed by atoms with Gasteiger partial charge in [0, 0.05) is 18.5 Å². The molecule has 0 saturated heterocycles. The summed E-state index contributed by atoms with van der Waals surface area (Å²) >= 11 is 0. The molecular formula is C20H23N3O2. The van der Waals surface area contributed by atoms with Crippen LogP contribution in [0.2, 0.25) is 0 Å². The number of nitrogens with one attached hydrogen (secondary N) is 2. The Kier molecular flexibility index (Phi) is 7.38. The minimum Gasteiger partial charge on any atom is -0.326 e. The van der Waals surface area contributed by atoms with Gasteiger partial charge in [-0.25, -0.2) is 5.43 Å². The molecular weight excluding hydrogens is 314 g/mol. The lowest BCUT2D eigenvalue weighted by Crippen LogP contribution is -2.22. The van der Waals surface area contributed by atoms with Gasteiger partial charge in [-0.05, 0) is 24.1 Å². The average Bonchev–Trinajstić information content (AvgIpc) is 2.65. The number of benzene rings is 2. The molecule has 0 unspecified atom stereocenters. The summed E-state index contributed by atoms with van der Waals surface area (Å²) in [7, 11) is 0. The van der Waals surface area contributed by atoms with Gasteiger partial charge in [-0.1, -0.05) is 61.9 Å². The minimum atomic E-state index is -0.271. The van der Waals surface area contributed by atoms with Gasteiger partial charge >= 0.3 is 0 Å². The molecule has 0 aromatic heterocycles. The van der Waals surface area contributed by atoms with Crippen LogP contribution in [0, 0.1) is 0 Å². The molecule has 130 valence electrons. The number of carbonyl (C=O) groups is 2. The number of hydrogen-bond donors (Lipinski definition) is 2. The Morgan fingerprint density at radius 1 is 0.840 bits per heavy atom. The van der Waals surface area contributed by atoms with Gasteiger partial charge < -0.3 is 5.32 Å². The molecule has 0 fully saturated rings. The predicted molar refractivity (Wildman–Crippen MR) is 100 cm³/mol. The summed E-state index contributed by atoms with van der Waals surface area (Å²) in [5.41, 5.74) is 5.11. The fraction of sp³-hybridized carbons (Fsp3) is 0.250. The van der Waals surface area contributed by atoms with Gasteiger partial charge in [-0.3, -0.25) is 9.59 Å². The molecule has 2 aromatic rings. The fourth-order valence-corrected chi connectivity index (χ4v) is 2.29. The number of rotatable bonds is 8. The van der Waals surface area contributed by atoms with E-state index >= 15 is 0 Å². The van der Waals surface area contributed by atoms with E-state index in [1.54, 1.807) is 12.1 Å².